The summed E-state index contributed by atoms with van der Waals surface area (Å²) >= 11 is 0. The van der Waals surface area contributed by atoms with E-state index in [0.29, 0.717) is 12.0 Å². The number of rotatable bonds is 6. The van der Waals surface area contributed by atoms with E-state index in [2.05, 4.69) is 5.32 Å². The molecule has 0 fully saturated rings. The van der Waals surface area contributed by atoms with Gasteiger partial charge in [-0.05, 0) is 48.4 Å². The van der Waals surface area contributed by atoms with Gasteiger partial charge in [0.05, 0.1) is 0 Å². The summed E-state index contributed by atoms with van der Waals surface area (Å²) in [5, 5.41) is 3.20. The molecule has 146 valence electrons. The molecule has 0 radical (unpaired) electrons. The van der Waals surface area contributed by atoms with E-state index in [9.17, 15) is 18.0 Å². The highest BCUT2D eigenvalue weighted by molar-refractivity contribution is 7.87. The number of aryl methyl sites for hydroxylation is 1. The molecule has 2 aromatic carbocycles. The largest absolute Gasteiger partial charge is 0.423 e. The van der Waals surface area contributed by atoms with Gasteiger partial charge in [-0.15, -0.1) is 0 Å². The lowest BCUT2D eigenvalue weighted by Crippen LogP contribution is -2.18. The first kappa shape index (κ1) is 19.6. The third-order valence-electron chi connectivity index (χ3n) is 4.16. The third kappa shape index (κ3) is 4.07. The molecule has 0 aliphatic heterocycles. The monoisotopic (exact) mass is 401 g/mol. The highest BCUT2D eigenvalue weighted by Gasteiger charge is 2.18. The van der Waals surface area contributed by atoms with Crippen molar-refractivity contribution < 1.29 is 21.8 Å². The molecule has 0 bridgehead atoms. The van der Waals surface area contributed by atoms with Gasteiger partial charge >= 0.3 is 15.7 Å². The fraction of sp³-hybridized carbons (Fsp3) is 0.200. The minimum atomic E-state index is -4.11. The van der Waals surface area contributed by atoms with Crippen molar-refractivity contribution in [2.75, 3.05) is 7.05 Å². The van der Waals surface area contributed by atoms with Gasteiger partial charge in [-0.25, -0.2) is 4.79 Å². The number of fused-ring (bicyclic) bond motifs is 1. The number of nitrogens with one attached hydrogen (secondary N) is 1. The quantitative estimate of drug-likeness (QED) is 0.503. The van der Waals surface area contributed by atoms with Gasteiger partial charge in [-0.2, -0.15) is 8.42 Å². The normalized spacial score (nSPS) is 11.4. The molecule has 0 unspecified atom stereocenters. The van der Waals surface area contributed by atoms with Crippen molar-refractivity contribution in [1.82, 2.24) is 5.32 Å². The maximum atomic E-state index is 12.5. The van der Waals surface area contributed by atoms with E-state index in [0.717, 1.165) is 17.4 Å². The minimum Gasteiger partial charge on any atom is -0.423 e. The molecule has 1 amide bonds. The molecule has 0 saturated heterocycles. The number of hydrogen-bond acceptors (Lipinski definition) is 6. The van der Waals surface area contributed by atoms with E-state index in [1.54, 1.807) is 6.07 Å². The predicted molar refractivity (Wildman–Crippen MR) is 104 cm³/mol. The summed E-state index contributed by atoms with van der Waals surface area (Å²) in [6.07, 6.45) is 1.57. The zero-order valence-electron chi connectivity index (χ0n) is 15.4. The van der Waals surface area contributed by atoms with Gasteiger partial charge in [-0.1, -0.05) is 13.3 Å². The summed E-state index contributed by atoms with van der Waals surface area (Å²) in [7, 11) is -2.63. The summed E-state index contributed by atoms with van der Waals surface area (Å²) < 4.78 is 35.4. The fourth-order valence-electron chi connectivity index (χ4n) is 2.83. The number of amides is 1. The van der Waals surface area contributed by atoms with E-state index in [1.165, 1.54) is 49.5 Å². The molecule has 1 heterocycles. The molecule has 0 aliphatic rings. The number of carbonyl (C=O) groups is 1. The van der Waals surface area contributed by atoms with Gasteiger partial charge in [0.25, 0.3) is 5.91 Å². The SMILES string of the molecule is CCCc1cc(=O)oc2cc(OS(=O)(=O)c3ccc(C(=O)NC)cc3)ccc12. The van der Waals surface area contributed by atoms with Crippen LogP contribution < -0.4 is 15.1 Å². The summed E-state index contributed by atoms with van der Waals surface area (Å²) in [5.74, 6) is -0.294. The molecule has 1 aromatic heterocycles. The summed E-state index contributed by atoms with van der Waals surface area (Å²) in [6.45, 7) is 2.00. The second-order valence-corrected chi connectivity index (χ2v) is 7.69. The first-order valence-corrected chi connectivity index (χ1v) is 10.1. The van der Waals surface area contributed by atoms with Crippen molar-refractivity contribution >= 4 is 27.0 Å². The Morgan fingerprint density at radius 3 is 2.46 bits per heavy atom. The average Bonchev–Trinajstić information content (AvgIpc) is 2.67. The Morgan fingerprint density at radius 2 is 1.82 bits per heavy atom. The van der Waals surface area contributed by atoms with Gasteiger partial charge in [0.2, 0.25) is 0 Å². The molecular weight excluding hydrogens is 382 g/mol. The zero-order valence-corrected chi connectivity index (χ0v) is 16.2. The van der Waals surface area contributed by atoms with Crippen LogP contribution in [0.15, 0.2) is 62.6 Å². The van der Waals surface area contributed by atoms with Gasteiger partial charge in [0.15, 0.2) is 0 Å². The molecule has 7 nitrogen and oxygen atoms in total. The molecular formula is C20H19NO6S. The van der Waals surface area contributed by atoms with Crippen LogP contribution in [-0.2, 0) is 16.5 Å². The lowest BCUT2D eigenvalue weighted by atomic mass is 10.1. The van der Waals surface area contributed by atoms with Crippen molar-refractivity contribution in [2.24, 2.45) is 0 Å². The second-order valence-electron chi connectivity index (χ2n) is 6.14. The summed E-state index contributed by atoms with van der Waals surface area (Å²) in [6, 6.07) is 11.4. The molecule has 3 aromatic rings. The Kier molecular flexibility index (Phi) is 5.51. The first-order chi connectivity index (χ1) is 13.3. The van der Waals surface area contributed by atoms with Gasteiger partial charge < -0.3 is 13.9 Å². The van der Waals surface area contributed by atoms with Crippen LogP contribution in [0.3, 0.4) is 0 Å². The van der Waals surface area contributed by atoms with Gasteiger partial charge in [0.1, 0.15) is 16.2 Å². The Labute approximate surface area is 162 Å². The van der Waals surface area contributed by atoms with Crippen molar-refractivity contribution in [1.29, 1.82) is 0 Å². The molecule has 3 rings (SSSR count). The Balaban J connectivity index is 1.92. The van der Waals surface area contributed by atoms with Crippen LogP contribution >= 0.6 is 0 Å². The predicted octanol–water partition coefficient (Wildman–Crippen LogP) is 2.87. The van der Waals surface area contributed by atoms with E-state index in [1.807, 2.05) is 6.92 Å². The van der Waals surface area contributed by atoms with Crippen LogP contribution in [0, 0.1) is 0 Å². The van der Waals surface area contributed by atoms with Crippen LogP contribution in [0.4, 0.5) is 0 Å². The first-order valence-electron chi connectivity index (χ1n) is 8.67. The molecule has 0 atom stereocenters. The molecule has 0 saturated carbocycles. The van der Waals surface area contributed by atoms with E-state index >= 15 is 0 Å². The zero-order chi connectivity index (χ0) is 20.3. The van der Waals surface area contributed by atoms with E-state index in [-0.39, 0.29) is 22.1 Å². The lowest BCUT2D eigenvalue weighted by Gasteiger charge is -2.09. The maximum Gasteiger partial charge on any atom is 0.339 e. The van der Waals surface area contributed by atoms with Crippen molar-refractivity contribution in [2.45, 2.75) is 24.7 Å². The van der Waals surface area contributed by atoms with Crippen molar-refractivity contribution in [3.63, 3.8) is 0 Å². The van der Waals surface area contributed by atoms with Crippen LogP contribution in [0.1, 0.15) is 29.3 Å². The van der Waals surface area contributed by atoms with Gasteiger partial charge in [0, 0.05) is 30.1 Å². The maximum absolute atomic E-state index is 12.5. The Morgan fingerprint density at radius 1 is 1.11 bits per heavy atom. The number of benzene rings is 2. The Bertz CT molecular complexity index is 1180. The second kappa shape index (κ2) is 7.85. The average molecular weight is 401 g/mol. The standard InChI is InChI=1S/C20H19NO6S/c1-3-4-14-11-19(22)26-18-12-15(7-10-17(14)18)27-28(24,25)16-8-5-13(6-9-16)20(23)21-2/h5-12H,3-4H2,1-2H3,(H,21,23). The Hall–Kier alpha value is -3.13. The summed E-state index contributed by atoms with van der Waals surface area (Å²) in [4.78, 5) is 23.2. The number of hydrogen-bond donors (Lipinski definition) is 1. The molecule has 1 N–H and O–H groups in total. The van der Waals surface area contributed by atoms with Crippen LogP contribution in [-0.4, -0.2) is 21.4 Å². The smallest absolute Gasteiger partial charge is 0.339 e. The van der Waals surface area contributed by atoms with E-state index < -0.39 is 15.7 Å². The summed E-state index contributed by atoms with van der Waals surface area (Å²) in [5.41, 5.74) is 0.935. The highest BCUT2D eigenvalue weighted by atomic mass is 32.2. The molecule has 0 spiro atoms. The lowest BCUT2D eigenvalue weighted by molar-refractivity contribution is 0.0963. The van der Waals surface area contributed by atoms with Gasteiger partial charge in [-0.3, -0.25) is 4.79 Å². The fourth-order valence-corrected chi connectivity index (χ4v) is 3.75. The van der Waals surface area contributed by atoms with Crippen LogP contribution in [0.5, 0.6) is 5.75 Å². The third-order valence-corrected chi connectivity index (χ3v) is 5.42. The van der Waals surface area contributed by atoms with Crippen molar-refractivity contribution in [3.05, 3.63) is 70.1 Å². The molecule has 28 heavy (non-hydrogen) atoms. The van der Waals surface area contributed by atoms with Crippen LogP contribution in [0.2, 0.25) is 0 Å². The molecule has 8 heteroatoms. The van der Waals surface area contributed by atoms with Crippen molar-refractivity contribution in [3.8, 4) is 5.75 Å². The minimum absolute atomic E-state index is 0.0275. The topological polar surface area (TPSA) is 103 Å². The number of carbonyl (C=O) groups excluding carboxylic acids is 1. The highest BCUT2D eigenvalue weighted by Crippen LogP contribution is 2.26. The van der Waals surface area contributed by atoms with Crippen LogP contribution in [0.25, 0.3) is 11.0 Å². The molecule has 0 aliphatic carbocycles. The van der Waals surface area contributed by atoms with E-state index in [4.69, 9.17) is 8.60 Å².